The molecule has 4 heteroatoms. The summed E-state index contributed by atoms with van der Waals surface area (Å²) in [5, 5.41) is 0. The second kappa shape index (κ2) is 6.23. The lowest BCUT2D eigenvalue weighted by Crippen LogP contribution is -2.25. The molecular formula is C12H18N2O2. The lowest BCUT2D eigenvalue weighted by molar-refractivity contribution is -0.129. The second-order valence-electron chi connectivity index (χ2n) is 3.58. The first-order valence-corrected chi connectivity index (χ1v) is 5.52. The minimum Gasteiger partial charge on any atom is -0.384 e. The zero-order valence-corrected chi connectivity index (χ0v) is 9.77. The Morgan fingerprint density at radius 3 is 2.88 bits per heavy atom. The maximum atomic E-state index is 11.9. The van der Waals surface area contributed by atoms with Gasteiger partial charge in [-0.2, -0.15) is 0 Å². The van der Waals surface area contributed by atoms with Crippen LogP contribution in [0.3, 0.4) is 0 Å². The maximum Gasteiger partial charge on any atom is 0.165 e. The number of aromatic nitrogens is 1. The molecule has 1 aromatic rings. The van der Waals surface area contributed by atoms with E-state index in [4.69, 9.17) is 10.5 Å². The van der Waals surface area contributed by atoms with Gasteiger partial charge in [0.05, 0.1) is 0 Å². The summed E-state index contributed by atoms with van der Waals surface area (Å²) in [5.41, 5.74) is 6.43. The molecule has 2 N–H and O–H groups in total. The van der Waals surface area contributed by atoms with E-state index in [0.29, 0.717) is 25.3 Å². The molecule has 0 spiro atoms. The van der Waals surface area contributed by atoms with Crippen molar-refractivity contribution in [1.82, 2.24) is 4.98 Å². The summed E-state index contributed by atoms with van der Waals surface area (Å²) in [6, 6.07) is 3.52. The Morgan fingerprint density at radius 1 is 1.56 bits per heavy atom. The molecule has 16 heavy (non-hydrogen) atoms. The summed E-state index contributed by atoms with van der Waals surface area (Å²) in [4.78, 5) is 15.7. The Balaban J connectivity index is 2.62. The largest absolute Gasteiger partial charge is 0.384 e. The van der Waals surface area contributed by atoms with E-state index in [9.17, 15) is 4.79 Å². The zero-order chi connectivity index (χ0) is 12.0. The van der Waals surface area contributed by atoms with E-state index < -0.39 is 0 Å². The molecule has 0 fully saturated rings. The summed E-state index contributed by atoms with van der Waals surface area (Å²) >= 11 is 0. The average Bonchev–Trinajstić information content (AvgIpc) is 2.25. The van der Waals surface area contributed by atoms with Crippen LogP contribution in [-0.2, 0) is 16.0 Å². The Bertz CT molecular complexity index is 353. The molecule has 0 radical (unpaired) electrons. The van der Waals surface area contributed by atoms with Crippen molar-refractivity contribution in [3.8, 4) is 0 Å². The molecule has 88 valence electrons. The van der Waals surface area contributed by atoms with Crippen molar-refractivity contribution in [3.63, 3.8) is 0 Å². The van der Waals surface area contributed by atoms with Crippen molar-refractivity contribution >= 4 is 11.6 Å². The van der Waals surface area contributed by atoms with Crippen LogP contribution >= 0.6 is 0 Å². The van der Waals surface area contributed by atoms with Crippen LogP contribution < -0.4 is 5.73 Å². The van der Waals surface area contributed by atoms with Crippen LogP contribution in [0.15, 0.2) is 18.3 Å². The number of hydrogen-bond donors (Lipinski definition) is 1. The second-order valence-corrected chi connectivity index (χ2v) is 3.58. The first kappa shape index (κ1) is 12.6. The molecule has 1 aromatic heterocycles. The number of nitrogens with zero attached hydrogens (tertiary/aromatic N) is 1. The molecule has 0 aromatic carbocycles. The fraction of sp³-hybridized carbons (Fsp3) is 0.500. The van der Waals surface area contributed by atoms with Crippen LogP contribution in [0.2, 0.25) is 0 Å². The van der Waals surface area contributed by atoms with Gasteiger partial charge in [0.2, 0.25) is 0 Å². The fourth-order valence-corrected chi connectivity index (χ4v) is 1.56. The molecule has 0 saturated heterocycles. The third-order valence-corrected chi connectivity index (χ3v) is 2.32. The lowest BCUT2D eigenvalue weighted by atomic mass is 10.0. The van der Waals surface area contributed by atoms with Gasteiger partial charge >= 0.3 is 0 Å². The number of nitrogens with two attached hydrogens (primary N) is 1. The summed E-state index contributed by atoms with van der Waals surface area (Å²) in [6.07, 6.45) is 2.36. The van der Waals surface area contributed by atoms with E-state index in [1.165, 1.54) is 0 Å². The van der Waals surface area contributed by atoms with E-state index in [2.05, 4.69) is 4.98 Å². The van der Waals surface area contributed by atoms with E-state index in [1.54, 1.807) is 18.3 Å². The van der Waals surface area contributed by atoms with Gasteiger partial charge in [-0.15, -0.1) is 0 Å². The van der Waals surface area contributed by atoms with Gasteiger partial charge in [-0.25, -0.2) is 4.98 Å². The van der Waals surface area contributed by atoms with Crippen molar-refractivity contribution in [2.45, 2.75) is 32.8 Å². The topological polar surface area (TPSA) is 65.2 Å². The van der Waals surface area contributed by atoms with Gasteiger partial charge in [0, 0.05) is 19.2 Å². The molecule has 1 rings (SSSR count). The van der Waals surface area contributed by atoms with Crippen molar-refractivity contribution in [3.05, 3.63) is 23.9 Å². The first-order valence-electron chi connectivity index (χ1n) is 5.52. The number of hydrogen-bond acceptors (Lipinski definition) is 4. The van der Waals surface area contributed by atoms with Crippen LogP contribution in [0.25, 0.3) is 0 Å². The van der Waals surface area contributed by atoms with Crippen molar-refractivity contribution in [2.75, 3.05) is 12.3 Å². The SMILES string of the molecule is CCOC(CC)C(=O)Cc1ccnc(N)c1. The number of Topliss-reactive ketones (excluding diaryl/α,β-unsaturated/α-hetero) is 1. The van der Waals surface area contributed by atoms with Gasteiger partial charge in [-0.1, -0.05) is 6.92 Å². The highest BCUT2D eigenvalue weighted by atomic mass is 16.5. The normalized spacial score (nSPS) is 12.4. The molecule has 0 bridgehead atoms. The maximum absolute atomic E-state index is 11.9. The number of carbonyl (C=O) groups is 1. The molecule has 4 nitrogen and oxygen atoms in total. The third kappa shape index (κ3) is 3.62. The van der Waals surface area contributed by atoms with E-state index in [0.717, 1.165) is 5.56 Å². The number of ketones is 1. The minimum atomic E-state index is -0.306. The Hall–Kier alpha value is -1.42. The predicted octanol–water partition coefficient (Wildman–Crippen LogP) is 1.59. The zero-order valence-electron chi connectivity index (χ0n) is 9.77. The standard InChI is InChI=1S/C12H18N2O2/c1-3-11(16-4-2)10(15)7-9-5-6-14-12(13)8-9/h5-6,8,11H,3-4,7H2,1-2H3,(H2,13,14). The van der Waals surface area contributed by atoms with Crippen molar-refractivity contribution in [1.29, 1.82) is 0 Å². The van der Waals surface area contributed by atoms with Gasteiger partial charge in [-0.3, -0.25) is 4.79 Å². The number of carbonyl (C=O) groups excluding carboxylic acids is 1. The molecule has 1 heterocycles. The summed E-state index contributed by atoms with van der Waals surface area (Å²) in [7, 11) is 0. The Labute approximate surface area is 95.8 Å². The van der Waals surface area contributed by atoms with Gasteiger partial charge in [0.15, 0.2) is 5.78 Å². The molecule has 0 aliphatic heterocycles. The monoisotopic (exact) mass is 222 g/mol. The van der Waals surface area contributed by atoms with Gasteiger partial charge < -0.3 is 10.5 Å². The van der Waals surface area contributed by atoms with Crippen LogP contribution in [-0.4, -0.2) is 23.5 Å². The number of pyridine rings is 1. The number of rotatable bonds is 6. The molecule has 1 atom stereocenters. The smallest absolute Gasteiger partial charge is 0.165 e. The third-order valence-electron chi connectivity index (χ3n) is 2.32. The molecule has 0 aliphatic carbocycles. The number of anilines is 1. The number of ether oxygens (including phenoxy) is 1. The summed E-state index contributed by atoms with van der Waals surface area (Å²) in [6.45, 7) is 4.39. The molecular weight excluding hydrogens is 204 g/mol. The quantitative estimate of drug-likeness (QED) is 0.793. The molecule has 1 unspecified atom stereocenters. The van der Waals surface area contributed by atoms with Crippen molar-refractivity contribution < 1.29 is 9.53 Å². The van der Waals surface area contributed by atoms with Gasteiger partial charge in [-0.05, 0) is 31.0 Å². The van der Waals surface area contributed by atoms with Crippen molar-refractivity contribution in [2.24, 2.45) is 0 Å². The predicted molar refractivity (Wildman–Crippen MR) is 63.1 cm³/mol. The van der Waals surface area contributed by atoms with Gasteiger partial charge in [0.25, 0.3) is 0 Å². The Morgan fingerprint density at radius 2 is 2.31 bits per heavy atom. The fourth-order valence-electron chi connectivity index (χ4n) is 1.56. The van der Waals surface area contributed by atoms with E-state index in [1.807, 2.05) is 13.8 Å². The highest BCUT2D eigenvalue weighted by molar-refractivity contribution is 5.85. The summed E-state index contributed by atoms with van der Waals surface area (Å²) < 4.78 is 5.36. The number of nitrogen functional groups attached to an aromatic ring is 1. The molecule has 0 saturated carbocycles. The first-order chi connectivity index (χ1) is 7.67. The summed E-state index contributed by atoms with van der Waals surface area (Å²) in [5.74, 6) is 0.532. The van der Waals surface area contributed by atoms with E-state index in [-0.39, 0.29) is 11.9 Å². The van der Waals surface area contributed by atoms with Crippen LogP contribution in [0, 0.1) is 0 Å². The van der Waals surface area contributed by atoms with E-state index >= 15 is 0 Å². The van der Waals surface area contributed by atoms with Gasteiger partial charge in [0.1, 0.15) is 11.9 Å². The van der Waals surface area contributed by atoms with Crippen LogP contribution in [0.4, 0.5) is 5.82 Å². The average molecular weight is 222 g/mol. The Kier molecular flexibility index (Phi) is 4.92. The van der Waals surface area contributed by atoms with Crippen LogP contribution in [0.1, 0.15) is 25.8 Å². The highest BCUT2D eigenvalue weighted by Gasteiger charge is 2.16. The van der Waals surface area contributed by atoms with Crippen LogP contribution in [0.5, 0.6) is 0 Å². The lowest BCUT2D eigenvalue weighted by Gasteiger charge is -2.13. The highest BCUT2D eigenvalue weighted by Crippen LogP contribution is 2.08. The molecule has 0 amide bonds. The minimum absolute atomic E-state index is 0.0925. The molecule has 0 aliphatic rings.